The number of carbonyl (C=O) groups excluding carboxylic acids is 1. The minimum absolute atomic E-state index is 0.196. The van der Waals surface area contributed by atoms with Gasteiger partial charge >= 0.3 is 0 Å². The number of rotatable bonds is 16. The summed E-state index contributed by atoms with van der Waals surface area (Å²) in [7, 11) is 0. The van der Waals surface area contributed by atoms with Gasteiger partial charge in [0.2, 0.25) is 0 Å². The third-order valence-corrected chi connectivity index (χ3v) is 4.82. The van der Waals surface area contributed by atoms with Crippen molar-refractivity contribution in [2.24, 2.45) is 5.73 Å². The van der Waals surface area contributed by atoms with Crippen LogP contribution in [0, 0.1) is 0 Å². The van der Waals surface area contributed by atoms with Gasteiger partial charge < -0.3 is 15.2 Å². The summed E-state index contributed by atoms with van der Waals surface area (Å²) in [5.74, 6) is -1.59. The second kappa shape index (κ2) is 12.8. The molecular weight excluding hydrogens is 290 g/mol. The molecule has 23 heavy (non-hydrogen) atoms. The quantitative estimate of drug-likeness (QED) is 0.404. The molecule has 1 heterocycles. The number of carbonyl (C=O) groups is 1. The molecule has 0 saturated carbocycles. The normalized spacial score (nSPS) is 16.2. The SMILES string of the molecule is CCCCCCCCCCCCCCCCC1(C(N)=O)OCO1. The van der Waals surface area contributed by atoms with Crippen molar-refractivity contribution in [2.45, 2.75) is 109 Å². The van der Waals surface area contributed by atoms with Gasteiger partial charge in [-0.05, 0) is 6.42 Å². The summed E-state index contributed by atoms with van der Waals surface area (Å²) in [5, 5.41) is 0. The lowest BCUT2D eigenvalue weighted by Crippen LogP contribution is -2.56. The Labute approximate surface area is 142 Å². The maximum absolute atomic E-state index is 11.2. The van der Waals surface area contributed by atoms with Crippen LogP contribution in [0.4, 0.5) is 0 Å². The molecule has 4 nitrogen and oxygen atoms in total. The third-order valence-electron chi connectivity index (χ3n) is 4.82. The van der Waals surface area contributed by atoms with Gasteiger partial charge in [-0.1, -0.05) is 90.4 Å². The first kappa shape index (κ1) is 20.4. The molecule has 1 amide bonds. The molecule has 1 rings (SSSR count). The molecule has 4 heteroatoms. The van der Waals surface area contributed by atoms with Gasteiger partial charge in [0.1, 0.15) is 0 Å². The minimum atomic E-state index is -1.10. The Bertz CT molecular complexity index is 303. The van der Waals surface area contributed by atoms with Crippen LogP contribution in [0.15, 0.2) is 0 Å². The largest absolute Gasteiger partial charge is 0.365 e. The fraction of sp³-hybridized carbons (Fsp3) is 0.947. The second-order valence-electron chi connectivity index (χ2n) is 6.87. The van der Waals surface area contributed by atoms with Gasteiger partial charge in [-0.15, -0.1) is 0 Å². The van der Waals surface area contributed by atoms with Crippen LogP contribution < -0.4 is 5.73 Å². The average Bonchev–Trinajstić information content (AvgIpc) is 2.49. The fourth-order valence-electron chi connectivity index (χ4n) is 3.16. The van der Waals surface area contributed by atoms with Gasteiger partial charge in [-0.2, -0.15) is 0 Å². The molecule has 0 radical (unpaired) electrons. The summed E-state index contributed by atoms with van der Waals surface area (Å²) >= 11 is 0. The maximum Gasteiger partial charge on any atom is 0.277 e. The first-order chi connectivity index (χ1) is 11.2. The lowest BCUT2D eigenvalue weighted by Gasteiger charge is -2.38. The zero-order chi connectivity index (χ0) is 16.8. The summed E-state index contributed by atoms with van der Waals surface area (Å²) in [4.78, 5) is 11.2. The molecule has 2 N–H and O–H groups in total. The topological polar surface area (TPSA) is 61.6 Å². The molecule has 0 aromatic carbocycles. The van der Waals surface area contributed by atoms with Crippen molar-refractivity contribution in [3.05, 3.63) is 0 Å². The number of unbranched alkanes of at least 4 members (excludes halogenated alkanes) is 13. The van der Waals surface area contributed by atoms with E-state index in [4.69, 9.17) is 15.2 Å². The Balaban J connectivity index is 1.77. The Hall–Kier alpha value is -0.610. The van der Waals surface area contributed by atoms with Crippen LogP contribution in [0.3, 0.4) is 0 Å². The first-order valence-electron chi connectivity index (χ1n) is 9.79. The number of amides is 1. The molecule has 0 aliphatic carbocycles. The second-order valence-corrected chi connectivity index (χ2v) is 6.87. The number of hydrogen-bond acceptors (Lipinski definition) is 3. The van der Waals surface area contributed by atoms with E-state index in [9.17, 15) is 4.79 Å². The van der Waals surface area contributed by atoms with E-state index in [1.165, 1.54) is 77.0 Å². The minimum Gasteiger partial charge on any atom is -0.365 e. The van der Waals surface area contributed by atoms with E-state index in [0.717, 1.165) is 12.8 Å². The molecule has 0 aromatic rings. The standard InChI is InChI=1S/C19H37NO3/c1-2-3-4-5-6-7-8-9-10-11-12-13-14-15-16-19(18(20)21)22-17-23-19/h2-17H2,1H3,(H2,20,21). The average molecular weight is 328 g/mol. The van der Waals surface area contributed by atoms with Gasteiger partial charge in [0.15, 0.2) is 6.79 Å². The lowest BCUT2D eigenvalue weighted by molar-refractivity contribution is -0.375. The highest BCUT2D eigenvalue weighted by molar-refractivity contribution is 5.82. The first-order valence-corrected chi connectivity index (χ1v) is 9.79. The van der Waals surface area contributed by atoms with Crippen molar-refractivity contribution in [1.82, 2.24) is 0 Å². The summed E-state index contributed by atoms with van der Waals surface area (Å²) in [5.41, 5.74) is 5.30. The Kier molecular flexibility index (Phi) is 11.3. The number of hydrogen-bond donors (Lipinski definition) is 1. The van der Waals surface area contributed by atoms with Crippen molar-refractivity contribution in [1.29, 1.82) is 0 Å². The molecule has 1 aliphatic rings. The monoisotopic (exact) mass is 327 g/mol. The highest BCUT2D eigenvalue weighted by atomic mass is 16.9. The van der Waals surface area contributed by atoms with E-state index in [1.54, 1.807) is 0 Å². The van der Waals surface area contributed by atoms with E-state index in [1.807, 2.05) is 0 Å². The van der Waals surface area contributed by atoms with Crippen molar-refractivity contribution < 1.29 is 14.3 Å². The lowest BCUT2D eigenvalue weighted by atomic mass is 10.0. The van der Waals surface area contributed by atoms with Crippen molar-refractivity contribution in [3.8, 4) is 0 Å². The molecule has 136 valence electrons. The fourth-order valence-corrected chi connectivity index (χ4v) is 3.16. The van der Waals surface area contributed by atoms with Crippen molar-refractivity contribution in [2.75, 3.05) is 6.79 Å². The van der Waals surface area contributed by atoms with Gasteiger partial charge in [0, 0.05) is 6.42 Å². The van der Waals surface area contributed by atoms with E-state index in [-0.39, 0.29) is 6.79 Å². The van der Waals surface area contributed by atoms with Crippen LogP contribution in [0.1, 0.15) is 103 Å². The van der Waals surface area contributed by atoms with E-state index < -0.39 is 11.7 Å². The molecule has 1 aliphatic heterocycles. The highest BCUT2D eigenvalue weighted by Crippen LogP contribution is 2.29. The van der Waals surface area contributed by atoms with Crippen LogP contribution in [-0.4, -0.2) is 18.5 Å². The summed E-state index contributed by atoms with van der Waals surface area (Å²) in [6.07, 6.45) is 19.1. The van der Waals surface area contributed by atoms with Crippen LogP contribution in [0.5, 0.6) is 0 Å². The van der Waals surface area contributed by atoms with Gasteiger partial charge in [0.05, 0.1) is 0 Å². The molecule has 0 spiro atoms. The van der Waals surface area contributed by atoms with Crippen molar-refractivity contribution >= 4 is 5.91 Å². The molecule has 0 bridgehead atoms. The molecular formula is C19H37NO3. The van der Waals surface area contributed by atoms with Crippen LogP contribution in [-0.2, 0) is 14.3 Å². The van der Waals surface area contributed by atoms with Crippen LogP contribution in [0.2, 0.25) is 0 Å². The smallest absolute Gasteiger partial charge is 0.277 e. The van der Waals surface area contributed by atoms with Gasteiger partial charge in [0.25, 0.3) is 11.7 Å². The predicted octanol–water partition coefficient (Wildman–Crippen LogP) is 5.04. The molecule has 0 aromatic heterocycles. The molecule has 0 unspecified atom stereocenters. The van der Waals surface area contributed by atoms with Gasteiger partial charge in [-0.25, -0.2) is 0 Å². The zero-order valence-corrected chi connectivity index (χ0v) is 15.1. The van der Waals surface area contributed by atoms with Crippen molar-refractivity contribution in [3.63, 3.8) is 0 Å². The van der Waals surface area contributed by atoms with Gasteiger partial charge in [-0.3, -0.25) is 4.79 Å². The molecule has 1 saturated heterocycles. The van der Waals surface area contributed by atoms with Crippen LogP contribution >= 0.6 is 0 Å². The molecule has 0 atom stereocenters. The molecule has 1 fully saturated rings. The number of ether oxygens (including phenoxy) is 2. The Morgan fingerprint density at radius 2 is 1.17 bits per heavy atom. The number of nitrogens with two attached hydrogens (primary N) is 1. The number of primary amides is 1. The maximum atomic E-state index is 11.2. The van der Waals surface area contributed by atoms with Crippen LogP contribution in [0.25, 0.3) is 0 Å². The predicted molar refractivity (Wildman–Crippen MR) is 93.9 cm³/mol. The van der Waals surface area contributed by atoms with E-state index >= 15 is 0 Å². The Morgan fingerprint density at radius 3 is 1.48 bits per heavy atom. The van der Waals surface area contributed by atoms with E-state index in [0.29, 0.717) is 6.42 Å². The summed E-state index contributed by atoms with van der Waals surface area (Å²) in [6, 6.07) is 0. The highest BCUT2D eigenvalue weighted by Gasteiger charge is 2.45. The van der Waals surface area contributed by atoms with E-state index in [2.05, 4.69) is 6.92 Å². The third kappa shape index (κ3) is 8.71. The zero-order valence-electron chi connectivity index (χ0n) is 15.1. The Morgan fingerprint density at radius 1 is 0.783 bits per heavy atom. The summed E-state index contributed by atoms with van der Waals surface area (Å²) in [6.45, 7) is 2.46. The summed E-state index contributed by atoms with van der Waals surface area (Å²) < 4.78 is 10.4.